The lowest BCUT2D eigenvalue weighted by Gasteiger charge is -2.24. The van der Waals surface area contributed by atoms with Gasteiger partial charge in [0.2, 0.25) is 0 Å². The molecule has 1 aromatic carbocycles. The van der Waals surface area contributed by atoms with Crippen molar-refractivity contribution in [3.05, 3.63) is 24.0 Å². The van der Waals surface area contributed by atoms with E-state index in [2.05, 4.69) is 5.32 Å². The first-order valence-electron chi connectivity index (χ1n) is 6.81. The van der Waals surface area contributed by atoms with Crippen LogP contribution in [0.3, 0.4) is 0 Å². The van der Waals surface area contributed by atoms with Crippen LogP contribution in [-0.2, 0) is 4.79 Å². The molecule has 0 bridgehead atoms. The van der Waals surface area contributed by atoms with Crippen LogP contribution in [-0.4, -0.2) is 41.2 Å². The van der Waals surface area contributed by atoms with Gasteiger partial charge in [-0.05, 0) is 32.9 Å². The van der Waals surface area contributed by atoms with Crippen LogP contribution in [0.2, 0.25) is 0 Å². The van der Waals surface area contributed by atoms with Gasteiger partial charge in [0.05, 0.1) is 12.1 Å². The minimum absolute atomic E-state index is 0.0673. The van der Waals surface area contributed by atoms with Crippen molar-refractivity contribution < 1.29 is 23.8 Å². The lowest BCUT2D eigenvalue weighted by Crippen LogP contribution is -2.33. The topological polar surface area (TPSA) is 78.9 Å². The number of rotatable bonds is 5. The first-order chi connectivity index (χ1) is 10.1. The van der Waals surface area contributed by atoms with Gasteiger partial charge in [-0.2, -0.15) is 0 Å². The number of benzene rings is 1. The van der Waals surface area contributed by atoms with Gasteiger partial charge in [-0.15, -0.1) is 0 Å². The van der Waals surface area contributed by atoms with E-state index in [1.54, 1.807) is 0 Å². The van der Waals surface area contributed by atoms with Crippen LogP contribution in [0.4, 0.5) is 14.9 Å². The SMILES string of the molecule is CN(CCC(=O)O)C(=O)Nc1ccc(F)cc1OC(C)(C)C. The quantitative estimate of drug-likeness (QED) is 0.876. The van der Waals surface area contributed by atoms with Gasteiger partial charge < -0.3 is 20.1 Å². The molecule has 22 heavy (non-hydrogen) atoms. The van der Waals surface area contributed by atoms with Crippen molar-refractivity contribution in [1.29, 1.82) is 0 Å². The highest BCUT2D eigenvalue weighted by atomic mass is 19.1. The fraction of sp³-hybridized carbons (Fsp3) is 0.467. The average Bonchev–Trinajstić information content (AvgIpc) is 2.37. The largest absolute Gasteiger partial charge is 0.486 e. The Hall–Kier alpha value is -2.31. The zero-order valence-electron chi connectivity index (χ0n) is 13.1. The molecular formula is C15H21FN2O4. The molecule has 0 aliphatic heterocycles. The van der Waals surface area contributed by atoms with E-state index in [0.29, 0.717) is 5.69 Å². The minimum atomic E-state index is -0.988. The fourth-order valence-corrected chi connectivity index (χ4v) is 1.59. The molecule has 0 spiro atoms. The molecule has 0 aromatic heterocycles. The Morgan fingerprint density at radius 3 is 2.55 bits per heavy atom. The molecule has 122 valence electrons. The predicted molar refractivity (Wildman–Crippen MR) is 80.7 cm³/mol. The van der Waals surface area contributed by atoms with Crippen molar-refractivity contribution in [1.82, 2.24) is 4.90 Å². The van der Waals surface area contributed by atoms with Crippen LogP contribution in [0.5, 0.6) is 5.75 Å². The van der Waals surface area contributed by atoms with Gasteiger partial charge in [0.15, 0.2) is 0 Å². The molecule has 0 fully saturated rings. The molecule has 0 atom stereocenters. The number of carboxylic acid groups (broad SMARTS) is 1. The number of carboxylic acids is 1. The summed E-state index contributed by atoms with van der Waals surface area (Å²) in [6, 6.07) is 3.31. The number of ether oxygens (including phenoxy) is 1. The summed E-state index contributed by atoms with van der Waals surface area (Å²) >= 11 is 0. The zero-order valence-corrected chi connectivity index (χ0v) is 13.1. The number of carbonyl (C=O) groups is 2. The van der Waals surface area contributed by atoms with Crippen molar-refractivity contribution in [3.8, 4) is 5.75 Å². The molecule has 1 aromatic rings. The smallest absolute Gasteiger partial charge is 0.321 e. The van der Waals surface area contributed by atoms with Crippen molar-refractivity contribution in [2.75, 3.05) is 18.9 Å². The van der Waals surface area contributed by atoms with E-state index in [1.165, 1.54) is 30.1 Å². The second-order valence-corrected chi connectivity index (χ2v) is 5.85. The minimum Gasteiger partial charge on any atom is -0.486 e. The molecule has 1 rings (SSSR count). The molecule has 7 heteroatoms. The van der Waals surface area contributed by atoms with E-state index in [0.717, 1.165) is 0 Å². The molecule has 6 nitrogen and oxygen atoms in total. The molecule has 0 aliphatic carbocycles. The first-order valence-corrected chi connectivity index (χ1v) is 6.81. The van der Waals surface area contributed by atoms with Crippen LogP contribution >= 0.6 is 0 Å². The molecule has 2 amide bonds. The maximum atomic E-state index is 13.4. The standard InChI is InChI=1S/C15H21FN2O4/c1-15(2,3)22-12-9-10(16)5-6-11(12)17-14(21)18(4)8-7-13(19)20/h5-6,9H,7-8H2,1-4H3,(H,17,21)(H,19,20). The summed E-state index contributed by atoms with van der Waals surface area (Å²) in [5.41, 5.74) is -0.230. The molecule has 0 saturated heterocycles. The highest BCUT2D eigenvalue weighted by molar-refractivity contribution is 5.91. The number of aliphatic carboxylic acids is 1. The number of urea groups is 1. The maximum Gasteiger partial charge on any atom is 0.321 e. The number of anilines is 1. The van der Waals surface area contributed by atoms with Gasteiger partial charge in [-0.3, -0.25) is 4.79 Å². The summed E-state index contributed by atoms with van der Waals surface area (Å²) in [5.74, 6) is -1.25. The second kappa shape index (κ2) is 7.11. The summed E-state index contributed by atoms with van der Waals surface area (Å²) in [4.78, 5) is 23.7. The summed E-state index contributed by atoms with van der Waals surface area (Å²) in [6.07, 6.45) is -0.154. The number of nitrogens with one attached hydrogen (secondary N) is 1. The Bertz CT molecular complexity index is 555. The number of hydrogen-bond acceptors (Lipinski definition) is 3. The van der Waals surface area contributed by atoms with Gasteiger partial charge in [-0.25, -0.2) is 9.18 Å². The summed E-state index contributed by atoms with van der Waals surface area (Å²) in [7, 11) is 1.48. The molecule has 0 heterocycles. The average molecular weight is 312 g/mol. The maximum absolute atomic E-state index is 13.4. The zero-order chi connectivity index (χ0) is 16.9. The van der Waals surface area contributed by atoms with E-state index in [9.17, 15) is 14.0 Å². The molecule has 0 saturated carbocycles. The van der Waals surface area contributed by atoms with Gasteiger partial charge in [0.1, 0.15) is 17.2 Å². The van der Waals surface area contributed by atoms with Crippen molar-refractivity contribution in [2.45, 2.75) is 32.8 Å². The normalized spacial score (nSPS) is 11.0. The first kappa shape index (κ1) is 17.7. The molecule has 2 N–H and O–H groups in total. The van der Waals surface area contributed by atoms with Crippen LogP contribution in [0.25, 0.3) is 0 Å². The fourth-order valence-electron chi connectivity index (χ4n) is 1.59. The van der Waals surface area contributed by atoms with Crippen molar-refractivity contribution in [2.24, 2.45) is 0 Å². The summed E-state index contributed by atoms with van der Waals surface area (Å²) in [6.45, 7) is 5.49. The molecule has 0 aliphatic rings. The third-order valence-corrected chi connectivity index (χ3v) is 2.61. The third kappa shape index (κ3) is 5.99. The Morgan fingerprint density at radius 1 is 1.36 bits per heavy atom. The van der Waals surface area contributed by atoms with Crippen LogP contribution < -0.4 is 10.1 Å². The predicted octanol–water partition coefficient (Wildman–Crippen LogP) is 2.94. The van der Waals surface area contributed by atoms with Gasteiger partial charge in [0, 0.05) is 19.7 Å². The lowest BCUT2D eigenvalue weighted by atomic mass is 10.2. The molecular weight excluding hydrogens is 291 g/mol. The Balaban J connectivity index is 2.83. The van der Waals surface area contributed by atoms with Crippen LogP contribution in [0.1, 0.15) is 27.2 Å². The van der Waals surface area contributed by atoms with E-state index >= 15 is 0 Å². The van der Waals surface area contributed by atoms with E-state index in [1.807, 2.05) is 20.8 Å². The van der Waals surface area contributed by atoms with Crippen LogP contribution in [0, 0.1) is 5.82 Å². The highest BCUT2D eigenvalue weighted by Gasteiger charge is 2.18. The number of nitrogens with zero attached hydrogens (tertiary/aromatic N) is 1. The van der Waals surface area contributed by atoms with Gasteiger partial charge >= 0.3 is 12.0 Å². The third-order valence-electron chi connectivity index (χ3n) is 2.61. The van der Waals surface area contributed by atoms with Gasteiger partial charge in [-0.1, -0.05) is 0 Å². The summed E-state index contributed by atoms with van der Waals surface area (Å²) < 4.78 is 19.0. The number of hydrogen-bond donors (Lipinski definition) is 2. The second-order valence-electron chi connectivity index (χ2n) is 5.85. The van der Waals surface area contributed by atoms with Crippen molar-refractivity contribution >= 4 is 17.7 Å². The Kier molecular flexibility index (Phi) is 5.73. The van der Waals surface area contributed by atoms with E-state index < -0.39 is 23.4 Å². The molecule has 0 radical (unpaired) electrons. The van der Waals surface area contributed by atoms with Gasteiger partial charge in [0.25, 0.3) is 0 Å². The van der Waals surface area contributed by atoms with E-state index in [4.69, 9.17) is 9.84 Å². The number of carbonyl (C=O) groups excluding carboxylic acids is 1. The lowest BCUT2D eigenvalue weighted by molar-refractivity contribution is -0.137. The monoisotopic (exact) mass is 312 g/mol. The molecule has 0 unspecified atom stereocenters. The van der Waals surface area contributed by atoms with E-state index in [-0.39, 0.29) is 18.7 Å². The Labute approximate surface area is 128 Å². The Morgan fingerprint density at radius 2 is 2.00 bits per heavy atom. The van der Waals surface area contributed by atoms with Crippen molar-refractivity contribution in [3.63, 3.8) is 0 Å². The highest BCUT2D eigenvalue weighted by Crippen LogP contribution is 2.29. The summed E-state index contributed by atoms with van der Waals surface area (Å²) in [5, 5.41) is 11.2. The number of halogens is 1. The number of amides is 2. The van der Waals surface area contributed by atoms with Crippen LogP contribution in [0.15, 0.2) is 18.2 Å².